The van der Waals surface area contributed by atoms with Gasteiger partial charge in [0, 0.05) is 29.1 Å². The van der Waals surface area contributed by atoms with Gasteiger partial charge in [0.05, 0.1) is 16.3 Å². The van der Waals surface area contributed by atoms with Crippen LogP contribution in [0.2, 0.25) is 0 Å². The number of hydrogen-bond acceptors (Lipinski definition) is 4. The molecule has 0 saturated carbocycles. The second-order valence-electron chi connectivity index (χ2n) is 9.17. The maximum atomic E-state index is 13.2. The third-order valence-electron chi connectivity index (χ3n) is 6.41. The summed E-state index contributed by atoms with van der Waals surface area (Å²) in [6.45, 7) is 1.93. The van der Waals surface area contributed by atoms with Gasteiger partial charge in [-0.25, -0.2) is 0 Å². The molecule has 7 heteroatoms. The highest BCUT2D eigenvalue weighted by Crippen LogP contribution is 2.37. The Labute approximate surface area is 231 Å². The molecule has 0 aliphatic rings. The van der Waals surface area contributed by atoms with Crippen LogP contribution in [0.1, 0.15) is 11.1 Å². The van der Waals surface area contributed by atoms with Gasteiger partial charge in [-0.3, -0.25) is 14.9 Å². The Hall–Kier alpha value is -5.74. The molecule has 0 spiro atoms. The first-order chi connectivity index (χ1) is 19.4. The summed E-state index contributed by atoms with van der Waals surface area (Å²) in [6, 6.07) is 37.0. The van der Waals surface area contributed by atoms with Gasteiger partial charge in [0.15, 0.2) is 0 Å². The molecule has 0 atom stereocenters. The fourth-order valence-corrected chi connectivity index (χ4v) is 4.57. The number of carbonyl (C=O) groups is 1. The SMILES string of the molecule is Cc1cccc(NC(=O)/C(C#N)=C/c2cc(-c3ccccc3)n(-c3ccc([N+](=O)[O-])cc3)c2-c2ccccc2)c1. The van der Waals surface area contributed by atoms with Crippen molar-refractivity contribution in [3.63, 3.8) is 0 Å². The number of aromatic nitrogens is 1. The number of nitro groups is 1. The Bertz CT molecular complexity index is 1760. The lowest BCUT2D eigenvalue weighted by molar-refractivity contribution is -0.384. The molecule has 5 aromatic rings. The van der Waals surface area contributed by atoms with Crippen molar-refractivity contribution in [2.45, 2.75) is 6.92 Å². The standard InChI is InChI=1S/C33H24N4O3/c1-23-9-8-14-28(19-23)35-33(38)27(22-34)20-26-21-31(24-10-4-2-5-11-24)36(32(26)25-12-6-3-7-13-25)29-15-17-30(18-16-29)37(39)40/h2-21H,1H3,(H,35,38)/b27-20+. The van der Waals surface area contributed by atoms with Gasteiger partial charge in [-0.15, -0.1) is 0 Å². The van der Waals surface area contributed by atoms with Crippen LogP contribution in [0.5, 0.6) is 0 Å². The van der Waals surface area contributed by atoms with E-state index < -0.39 is 10.8 Å². The Kier molecular flexibility index (Phi) is 7.34. The molecule has 194 valence electrons. The minimum atomic E-state index is -0.517. The molecule has 4 aromatic carbocycles. The third kappa shape index (κ3) is 5.42. The zero-order chi connectivity index (χ0) is 28.1. The molecule has 0 bridgehead atoms. The number of benzene rings is 4. The van der Waals surface area contributed by atoms with E-state index in [2.05, 4.69) is 11.4 Å². The Morgan fingerprint density at radius 1 is 0.875 bits per heavy atom. The number of nitro benzene ring substituents is 1. The smallest absolute Gasteiger partial charge is 0.269 e. The van der Waals surface area contributed by atoms with Crippen molar-refractivity contribution in [1.29, 1.82) is 5.26 Å². The van der Waals surface area contributed by atoms with Crippen molar-refractivity contribution < 1.29 is 9.72 Å². The first-order valence-electron chi connectivity index (χ1n) is 12.6. The Morgan fingerprint density at radius 3 is 2.12 bits per heavy atom. The van der Waals surface area contributed by atoms with Crippen LogP contribution in [-0.4, -0.2) is 15.4 Å². The van der Waals surface area contributed by atoms with Gasteiger partial charge in [0.25, 0.3) is 11.6 Å². The largest absolute Gasteiger partial charge is 0.321 e. The van der Waals surface area contributed by atoms with Crippen LogP contribution in [0.25, 0.3) is 34.3 Å². The second-order valence-corrected chi connectivity index (χ2v) is 9.17. The number of rotatable bonds is 7. The highest BCUT2D eigenvalue weighted by molar-refractivity contribution is 6.10. The highest BCUT2D eigenvalue weighted by Gasteiger charge is 2.21. The lowest BCUT2D eigenvalue weighted by Crippen LogP contribution is -2.13. The maximum Gasteiger partial charge on any atom is 0.269 e. The van der Waals surface area contributed by atoms with Gasteiger partial charge in [0.2, 0.25) is 0 Å². The van der Waals surface area contributed by atoms with E-state index in [1.54, 1.807) is 24.3 Å². The van der Waals surface area contributed by atoms with Crippen LogP contribution in [0.3, 0.4) is 0 Å². The van der Waals surface area contributed by atoms with Crippen molar-refractivity contribution >= 4 is 23.4 Å². The molecule has 5 rings (SSSR count). The molecule has 1 heterocycles. The summed E-state index contributed by atoms with van der Waals surface area (Å²) in [7, 11) is 0. The van der Waals surface area contributed by atoms with E-state index >= 15 is 0 Å². The summed E-state index contributed by atoms with van der Waals surface area (Å²) in [5.74, 6) is -0.517. The molecule has 40 heavy (non-hydrogen) atoms. The van der Waals surface area contributed by atoms with Crippen LogP contribution >= 0.6 is 0 Å². The molecular weight excluding hydrogens is 500 g/mol. The van der Waals surface area contributed by atoms with Gasteiger partial charge in [-0.1, -0.05) is 72.8 Å². The number of non-ortho nitro benzene ring substituents is 1. The monoisotopic (exact) mass is 524 g/mol. The number of nitrogens with zero attached hydrogens (tertiary/aromatic N) is 3. The number of amides is 1. The molecular formula is C33H24N4O3. The fourth-order valence-electron chi connectivity index (χ4n) is 4.57. The van der Waals surface area contributed by atoms with E-state index in [0.29, 0.717) is 16.9 Å². The second kappa shape index (κ2) is 11.3. The minimum absolute atomic E-state index is 0.0156. The number of nitrogens with one attached hydrogen (secondary N) is 1. The molecule has 1 N–H and O–H groups in total. The van der Waals surface area contributed by atoms with Gasteiger partial charge in [0.1, 0.15) is 11.6 Å². The van der Waals surface area contributed by atoms with Crippen molar-refractivity contribution in [3.8, 4) is 34.3 Å². The topological polar surface area (TPSA) is 101 Å². The lowest BCUT2D eigenvalue weighted by Gasteiger charge is -2.15. The molecule has 1 aromatic heterocycles. The van der Waals surface area contributed by atoms with Gasteiger partial charge >= 0.3 is 0 Å². The summed E-state index contributed by atoms with van der Waals surface area (Å²) < 4.78 is 1.99. The molecule has 0 saturated heterocycles. The summed E-state index contributed by atoms with van der Waals surface area (Å²) in [5, 5.41) is 24.1. The van der Waals surface area contributed by atoms with E-state index in [4.69, 9.17) is 0 Å². The van der Waals surface area contributed by atoms with Crippen molar-refractivity contribution in [1.82, 2.24) is 4.57 Å². The summed E-state index contributed by atoms with van der Waals surface area (Å²) in [4.78, 5) is 24.1. The number of anilines is 1. The van der Waals surface area contributed by atoms with Crippen LogP contribution in [0.15, 0.2) is 121 Å². The average Bonchev–Trinajstić information content (AvgIpc) is 3.36. The number of hydrogen-bond donors (Lipinski definition) is 1. The first-order valence-corrected chi connectivity index (χ1v) is 12.6. The maximum absolute atomic E-state index is 13.2. The third-order valence-corrected chi connectivity index (χ3v) is 6.41. The van der Waals surface area contributed by atoms with Crippen molar-refractivity contribution in [2.24, 2.45) is 0 Å². The van der Waals surface area contributed by atoms with Crippen LogP contribution in [-0.2, 0) is 4.79 Å². The molecule has 0 aliphatic heterocycles. The predicted molar refractivity (Wildman–Crippen MR) is 157 cm³/mol. The van der Waals surface area contributed by atoms with Gasteiger partial charge in [-0.2, -0.15) is 5.26 Å². The van der Waals surface area contributed by atoms with Gasteiger partial charge in [-0.05, 0) is 60.0 Å². The molecule has 0 radical (unpaired) electrons. The Balaban J connectivity index is 1.72. The van der Waals surface area contributed by atoms with Crippen molar-refractivity contribution in [2.75, 3.05) is 5.32 Å². The van der Waals surface area contributed by atoms with E-state index in [1.165, 1.54) is 12.1 Å². The fraction of sp³-hybridized carbons (Fsp3) is 0.0303. The normalized spacial score (nSPS) is 11.1. The number of aryl methyl sites for hydroxylation is 1. The molecule has 0 aliphatic carbocycles. The average molecular weight is 525 g/mol. The lowest BCUT2D eigenvalue weighted by atomic mass is 10.0. The molecule has 7 nitrogen and oxygen atoms in total. The van der Waals surface area contributed by atoms with E-state index in [0.717, 1.165) is 28.1 Å². The Morgan fingerprint density at radius 2 is 1.52 bits per heavy atom. The van der Waals surface area contributed by atoms with Crippen LogP contribution in [0.4, 0.5) is 11.4 Å². The molecule has 0 fully saturated rings. The zero-order valence-corrected chi connectivity index (χ0v) is 21.6. The summed E-state index contributed by atoms with van der Waals surface area (Å²) >= 11 is 0. The molecule has 1 amide bonds. The molecule has 0 unspecified atom stereocenters. The van der Waals surface area contributed by atoms with Gasteiger partial charge < -0.3 is 9.88 Å². The van der Waals surface area contributed by atoms with E-state index in [-0.39, 0.29) is 11.3 Å². The summed E-state index contributed by atoms with van der Waals surface area (Å²) in [5.41, 5.74) is 6.16. The number of nitriles is 1. The van der Waals surface area contributed by atoms with Crippen LogP contribution in [0, 0.1) is 28.4 Å². The highest BCUT2D eigenvalue weighted by atomic mass is 16.6. The first kappa shape index (κ1) is 25.9. The quantitative estimate of drug-likeness (QED) is 0.103. The minimum Gasteiger partial charge on any atom is -0.321 e. The van der Waals surface area contributed by atoms with E-state index in [1.807, 2.05) is 96.4 Å². The summed E-state index contributed by atoms with van der Waals surface area (Å²) in [6.07, 6.45) is 1.59. The zero-order valence-electron chi connectivity index (χ0n) is 21.6. The van der Waals surface area contributed by atoms with Crippen molar-refractivity contribution in [3.05, 3.63) is 142 Å². The van der Waals surface area contributed by atoms with Crippen LogP contribution < -0.4 is 5.32 Å². The number of carbonyl (C=O) groups excluding carboxylic acids is 1. The predicted octanol–water partition coefficient (Wildman–Crippen LogP) is 7.57. The van der Waals surface area contributed by atoms with E-state index in [9.17, 15) is 20.2 Å².